The SMILES string of the molecule is Nc1ccc(/C=C/C(=O)CCc2cc3cc(-c4ccc(C(=O)NNc5cnccn5)cc4)cc(C(F)(F)F)c3o2)cn1. The number of carbonyl (C=O) groups excluding carboxylic acids is 2. The highest BCUT2D eigenvalue weighted by molar-refractivity contribution is 5.96. The van der Waals surface area contributed by atoms with Gasteiger partial charge in [-0.15, -0.1) is 0 Å². The van der Waals surface area contributed by atoms with Crippen LogP contribution in [-0.2, 0) is 17.4 Å². The molecule has 3 aromatic heterocycles. The lowest BCUT2D eigenvalue weighted by atomic mass is 9.99. The Labute approximate surface area is 237 Å². The standard InChI is InChI=1S/C30H23F3N6O3/c31-30(32,33)25-15-21(19-3-5-20(6-4-19)29(41)39-38-27-17-35-11-12-36-27)13-22-14-24(42-28(22)25)9-8-23(40)7-1-18-2-10-26(34)37-16-18/h1-7,10-17H,8-9H2,(H2,34,37)(H,36,38)(H,39,41)/b7-1+. The number of allylic oxidation sites excluding steroid dienone is 1. The van der Waals surface area contributed by atoms with Crippen LogP contribution >= 0.6 is 0 Å². The Bertz CT molecular complexity index is 1750. The van der Waals surface area contributed by atoms with Crippen molar-refractivity contribution >= 4 is 40.4 Å². The largest absolute Gasteiger partial charge is 0.460 e. The van der Waals surface area contributed by atoms with E-state index in [2.05, 4.69) is 25.8 Å². The molecule has 42 heavy (non-hydrogen) atoms. The molecule has 5 aromatic rings. The molecule has 3 heterocycles. The third kappa shape index (κ3) is 6.78. The number of nitrogen functional groups attached to an aromatic ring is 1. The minimum atomic E-state index is -4.68. The molecule has 212 valence electrons. The van der Waals surface area contributed by atoms with Gasteiger partial charge in [0.1, 0.15) is 17.2 Å². The second kappa shape index (κ2) is 11.9. The van der Waals surface area contributed by atoms with Crippen LogP contribution < -0.4 is 16.6 Å². The zero-order chi connectivity index (χ0) is 29.7. The number of furan rings is 1. The fourth-order valence-electron chi connectivity index (χ4n) is 4.11. The van der Waals surface area contributed by atoms with E-state index in [1.807, 2.05) is 0 Å². The first-order valence-electron chi connectivity index (χ1n) is 12.6. The number of alkyl halides is 3. The predicted molar refractivity (Wildman–Crippen MR) is 151 cm³/mol. The number of halogens is 3. The van der Waals surface area contributed by atoms with Gasteiger partial charge in [-0.3, -0.25) is 25.4 Å². The molecule has 0 unspecified atom stereocenters. The molecular formula is C30H23F3N6O3. The summed E-state index contributed by atoms with van der Waals surface area (Å²) in [6.45, 7) is 0. The van der Waals surface area contributed by atoms with Crippen LogP contribution in [0.1, 0.15) is 33.7 Å². The molecule has 0 saturated carbocycles. The van der Waals surface area contributed by atoms with E-state index in [9.17, 15) is 22.8 Å². The highest BCUT2D eigenvalue weighted by Gasteiger charge is 2.35. The molecule has 0 fully saturated rings. The van der Waals surface area contributed by atoms with Crippen molar-refractivity contribution in [1.82, 2.24) is 20.4 Å². The summed E-state index contributed by atoms with van der Waals surface area (Å²) in [5, 5.41) is 0.251. The van der Waals surface area contributed by atoms with Crippen molar-refractivity contribution in [2.45, 2.75) is 19.0 Å². The lowest BCUT2D eigenvalue weighted by molar-refractivity contribution is -0.136. The van der Waals surface area contributed by atoms with Crippen molar-refractivity contribution < 1.29 is 27.2 Å². The molecule has 0 spiro atoms. The Hall–Kier alpha value is -5.52. The van der Waals surface area contributed by atoms with Crippen LogP contribution in [0.15, 0.2) is 89.9 Å². The third-order valence-corrected chi connectivity index (χ3v) is 6.21. The highest BCUT2D eigenvalue weighted by Crippen LogP contribution is 2.39. The Morgan fingerprint density at radius 3 is 2.45 bits per heavy atom. The maximum atomic E-state index is 14.0. The summed E-state index contributed by atoms with van der Waals surface area (Å²) in [4.78, 5) is 36.6. The number of aromatic nitrogens is 3. The van der Waals surface area contributed by atoms with Gasteiger partial charge in [0.2, 0.25) is 0 Å². The zero-order valence-electron chi connectivity index (χ0n) is 21.9. The van der Waals surface area contributed by atoms with E-state index in [0.29, 0.717) is 28.3 Å². The maximum absolute atomic E-state index is 14.0. The molecule has 1 amide bonds. The molecule has 9 nitrogen and oxygen atoms in total. The minimum Gasteiger partial charge on any atom is -0.460 e. The molecular weight excluding hydrogens is 549 g/mol. The van der Waals surface area contributed by atoms with E-state index in [0.717, 1.165) is 6.07 Å². The number of nitrogens with zero attached hydrogens (tertiary/aromatic N) is 3. The summed E-state index contributed by atoms with van der Waals surface area (Å²) < 4.78 is 47.6. The van der Waals surface area contributed by atoms with Crippen LogP contribution in [0.5, 0.6) is 0 Å². The van der Waals surface area contributed by atoms with E-state index >= 15 is 0 Å². The van der Waals surface area contributed by atoms with Gasteiger partial charge < -0.3 is 10.2 Å². The van der Waals surface area contributed by atoms with Gasteiger partial charge >= 0.3 is 6.18 Å². The molecule has 5 rings (SSSR count). The number of carbonyl (C=O) groups is 2. The van der Waals surface area contributed by atoms with Gasteiger partial charge in [-0.25, -0.2) is 9.97 Å². The Kier molecular flexibility index (Phi) is 7.96. The smallest absolute Gasteiger partial charge is 0.420 e. The number of nitrogens with two attached hydrogens (primary N) is 1. The van der Waals surface area contributed by atoms with Gasteiger partial charge in [-0.1, -0.05) is 12.1 Å². The average Bonchev–Trinajstić information content (AvgIpc) is 3.41. The topological polar surface area (TPSA) is 136 Å². The van der Waals surface area contributed by atoms with Crippen molar-refractivity contribution in [3.63, 3.8) is 0 Å². The molecule has 0 aliphatic rings. The fraction of sp³-hybridized carbons (Fsp3) is 0.100. The van der Waals surface area contributed by atoms with Crippen LogP contribution in [0.25, 0.3) is 28.2 Å². The van der Waals surface area contributed by atoms with Gasteiger partial charge in [0.25, 0.3) is 5.91 Å². The second-order valence-corrected chi connectivity index (χ2v) is 9.22. The third-order valence-electron chi connectivity index (χ3n) is 6.21. The number of hydrogen-bond acceptors (Lipinski definition) is 8. The predicted octanol–water partition coefficient (Wildman–Crippen LogP) is 5.86. The molecule has 0 aliphatic carbocycles. The lowest BCUT2D eigenvalue weighted by Crippen LogP contribution is -2.29. The number of rotatable bonds is 9. The Morgan fingerprint density at radius 1 is 0.952 bits per heavy atom. The van der Waals surface area contributed by atoms with E-state index in [1.54, 1.807) is 36.4 Å². The normalized spacial score (nSPS) is 11.6. The molecule has 0 aliphatic heterocycles. The first-order chi connectivity index (χ1) is 20.2. The van der Waals surface area contributed by atoms with Gasteiger partial charge in [0.05, 0.1) is 11.8 Å². The van der Waals surface area contributed by atoms with Crippen molar-refractivity contribution in [1.29, 1.82) is 0 Å². The van der Waals surface area contributed by atoms with Crippen molar-refractivity contribution in [2.75, 3.05) is 11.2 Å². The number of hydrogen-bond donors (Lipinski definition) is 3. The number of aryl methyl sites for hydroxylation is 1. The highest BCUT2D eigenvalue weighted by atomic mass is 19.4. The molecule has 0 saturated heterocycles. The quantitative estimate of drug-likeness (QED) is 0.148. The van der Waals surface area contributed by atoms with Crippen LogP contribution in [-0.4, -0.2) is 26.6 Å². The number of pyridine rings is 1. The molecule has 2 aromatic carbocycles. The molecule has 0 radical (unpaired) electrons. The summed E-state index contributed by atoms with van der Waals surface area (Å²) in [5.74, 6) is 0.266. The first-order valence-corrected chi connectivity index (χ1v) is 12.6. The number of nitrogens with one attached hydrogen (secondary N) is 2. The molecule has 4 N–H and O–H groups in total. The van der Waals surface area contributed by atoms with Crippen molar-refractivity contribution in [3.05, 3.63) is 108 Å². The van der Waals surface area contributed by atoms with Crippen LogP contribution in [0.4, 0.5) is 24.8 Å². The Morgan fingerprint density at radius 2 is 1.76 bits per heavy atom. The number of fused-ring (bicyclic) bond motifs is 1. The number of amides is 1. The van der Waals surface area contributed by atoms with Gasteiger partial charge in [0.15, 0.2) is 11.6 Å². The molecule has 0 bridgehead atoms. The summed E-state index contributed by atoms with van der Waals surface area (Å²) >= 11 is 0. The molecule has 12 heteroatoms. The van der Waals surface area contributed by atoms with E-state index in [1.165, 1.54) is 49.1 Å². The van der Waals surface area contributed by atoms with E-state index in [4.69, 9.17) is 10.2 Å². The van der Waals surface area contributed by atoms with E-state index < -0.39 is 17.6 Å². The molecule has 0 atom stereocenters. The van der Waals surface area contributed by atoms with Gasteiger partial charge in [-0.05, 0) is 71.3 Å². The number of anilines is 2. The van der Waals surface area contributed by atoms with Crippen LogP contribution in [0.2, 0.25) is 0 Å². The van der Waals surface area contributed by atoms with Gasteiger partial charge in [-0.2, -0.15) is 13.2 Å². The summed E-state index contributed by atoms with van der Waals surface area (Å²) in [6.07, 6.45) is 4.35. The zero-order valence-corrected chi connectivity index (χ0v) is 21.9. The summed E-state index contributed by atoms with van der Waals surface area (Å²) in [6, 6.07) is 13.5. The van der Waals surface area contributed by atoms with Crippen LogP contribution in [0, 0.1) is 0 Å². The summed E-state index contributed by atoms with van der Waals surface area (Å²) in [7, 11) is 0. The van der Waals surface area contributed by atoms with Crippen LogP contribution in [0.3, 0.4) is 0 Å². The van der Waals surface area contributed by atoms with Gasteiger partial charge in [0, 0.05) is 42.4 Å². The second-order valence-electron chi connectivity index (χ2n) is 9.22. The van der Waals surface area contributed by atoms with E-state index in [-0.39, 0.29) is 40.9 Å². The average molecular weight is 573 g/mol. The van der Waals surface area contributed by atoms with Crippen molar-refractivity contribution in [2.24, 2.45) is 0 Å². The monoisotopic (exact) mass is 572 g/mol. The number of hydrazine groups is 1. The fourth-order valence-corrected chi connectivity index (χ4v) is 4.11. The maximum Gasteiger partial charge on any atom is 0.420 e. The lowest BCUT2D eigenvalue weighted by Gasteiger charge is -2.11. The van der Waals surface area contributed by atoms with Crippen molar-refractivity contribution in [3.8, 4) is 11.1 Å². The summed E-state index contributed by atoms with van der Waals surface area (Å²) in [5.41, 5.74) is 11.2. The minimum absolute atomic E-state index is 0.0438. The Balaban J connectivity index is 1.31. The number of ketones is 1. The first kappa shape index (κ1) is 28.0. The number of benzene rings is 2.